The van der Waals surface area contributed by atoms with E-state index in [0.29, 0.717) is 5.56 Å². The number of benzene rings is 3. The molecule has 30 heavy (non-hydrogen) atoms. The molecule has 4 heteroatoms. The van der Waals surface area contributed by atoms with E-state index in [-0.39, 0.29) is 11.8 Å². The van der Waals surface area contributed by atoms with Crippen molar-refractivity contribution < 1.29 is 9.63 Å². The number of aryl methyl sites for hydroxylation is 1. The van der Waals surface area contributed by atoms with Gasteiger partial charge in [0.25, 0.3) is 0 Å². The van der Waals surface area contributed by atoms with Crippen LogP contribution < -0.4 is 4.84 Å². The van der Waals surface area contributed by atoms with Gasteiger partial charge in [0.05, 0.1) is 11.2 Å². The SMILES string of the molecule is CC(=O)c1ccc(-c2nc3ccccc3c3c2C(c2ccc(C)cc2)N(C)O3)cc1. The molecule has 1 aromatic heterocycles. The largest absolute Gasteiger partial charge is 0.404 e. The summed E-state index contributed by atoms with van der Waals surface area (Å²) in [6.07, 6.45) is 0. The average molecular weight is 394 g/mol. The van der Waals surface area contributed by atoms with Gasteiger partial charge >= 0.3 is 0 Å². The number of hydroxylamine groups is 2. The van der Waals surface area contributed by atoms with Crippen LogP contribution in [0, 0.1) is 6.92 Å². The number of nitrogens with zero attached hydrogens (tertiary/aromatic N) is 2. The molecule has 4 aromatic rings. The summed E-state index contributed by atoms with van der Waals surface area (Å²) >= 11 is 0. The number of ketones is 1. The number of hydrogen-bond acceptors (Lipinski definition) is 4. The Balaban J connectivity index is 1.77. The Morgan fingerprint density at radius 3 is 2.37 bits per heavy atom. The van der Waals surface area contributed by atoms with Crippen LogP contribution in [0.2, 0.25) is 0 Å². The summed E-state index contributed by atoms with van der Waals surface area (Å²) in [5, 5.41) is 2.90. The van der Waals surface area contributed by atoms with Crippen molar-refractivity contribution in [1.82, 2.24) is 10.0 Å². The summed E-state index contributed by atoms with van der Waals surface area (Å²) in [7, 11) is 1.96. The first-order chi connectivity index (χ1) is 14.5. The molecule has 0 aliphatic carbocycles. The van der Waals surface area contributed by atoms with Crippen LogP contribution >= 0.6 is 0 Å². The minimum absolute atomic E-state index is 0.0545. The molecule has 4 nitrogen and oxygen atoms in total. The van der Waals surface area contributed by atoms with Gasteiger partial charge < -0.3 is 4.84 Å². The van der Waals surface area contributed by atoms with E-state index in [1.54, 1.807) is 6.92 Å². The molecule has 1 aliphatic rings. The minimum Gasteiger partial charge on any atom is -0.404 e. The lowest BCUT2D eigenvalue weighted by atomic mass is 9.92. The topological polar surface area (TPSA) is 42.4 Å². The maximum absolute atomic E-state index is 11.7. The molecule has 0 bridgehead atoms. The standard InChI is InChI=1S/C26H22N2O2/c1-16-8-10-20(11-9-16)25-23-24(19-14-12-18(13-15-19)17(2)29)27-22-7-5-4-6-21(22)26(23)30-28(25)3/h4-15,25H,1-3H3. The molecule has 1 unspecified atom stereocenters. The number of para-hydroxylation sites is 1. The van der Waals surface area contributed by atoms with Crippen LogP contribution in [0.25, 0.3) is 22.2 Å². The number of rotatable bonds is 3. The molecule has 1 atom stereocenters. The van der Waals surface area contributed by atoms with Gasteiger partial charge in [-0.15, -0.1) is 5.06 Å². The van der Waals surface area contributed by atoms with Gasteiger partial charge in [-0.25, -0.2) is 4.98 Å². The number of pyridine rings is 1. The lowest BCUT2D eigenvalue weighted by Crippen LogP contribution is -2.22. The first kappa shape index (κ1) is 18.5. The second-order valence-electron chi connectivity index (χ2n) is 7.80. The third-order valence-electron chi connectivity index (χ3n) is 5.71. The van der Waals surface area contributed by atoms with E-state index >= 15 is 0 Å². The van der Waals surface area contributed by atoms with Crippen LogP contribution in [0.4, 0.5) is 0 Å². The summed E-state index contributed by atoms with van der Waals surface area (Å²) in [6.45, 7) is 3.67. The Bertz CT molecular complexity index is 1260. The number of fused-ring (bicyclic) bond motifs is 3. The zero-order valence-electron chi connectivity index (χ0n) is 17.2. The maximum atomic E-state index is 11.7. The molecule has 5 rings (SSSR count). The number of carbonyl (C=O) groups is 1. The van der Waals surface area contributed by atoms with Gasteiger partial charge in [-0.05, 0) is 31.5 Å². The fourth-order valence-electron chi connectivity index (χ4n) is 4.14. The highest BCUT2D eigenvalue weighted by molar-refractivity contribution is 5.95. The molecule has 2 heterocycles. The second-order valence-corrected chi connectivity index (χ2v) is 7.80. The maximum Gasteiger partial charge on any atom is 0.164 e. The van der Waals surface area contributed by atoms with Crippen molar-refractivity contribution in [3.63, 3.8) is 0 Å². The van der Waals surface area contributed by atoms with E-state index in [4.69, 9.17) is 9.82 Å². The van der Waals surface area contributed by atoms with Gasteiger partial charge in [-0.3, -0.25) is 4.79 Å². The lowest BCUT2D eigenvalue weighted by Gasteiger charge is -2.19. The monoisotopic (exact) mass is 394 g/mol. The third-order valence-corrected chi connectivity index (χ3v) is 5.71. The van der Waals surface area contributed by atoms with Gasteiger partial charge in [-0.1, -0.05) is 66.2 Å². The number of Topliss-reactive ketones (excluding diaryl/α,β-unsaturated/α-hetero) is 1. The third kappa shape index (κ3) is 2.97. The zero-order chi connectivity index (χ0) is 20.8. The predicted octanol–water partition coefficient (Wildman–Crippen LogP) is 5.74. The van der Waals surface area contributed by atoms with E-state index in [1.807, 2.05) is 54.6 Å². The smallest absolute Gasteiger partial charge is 0.164 e. The van der Waals surface area contributed by atoms with Gasteiger partial charge in [0.15, 0.2) is 11.5 Å². The quantitative estimate of drug-likeness (QED) is 0.416. The minimum atomic E-state index is -0.0693. The average Bonchev–Trinajstić information content (AvgIpc) is 3.11. The van der Waals surface area contributed by atoms with Crippen molar-refractivity contribution in [2.45, 2.75) is 19.9 Å². The molecule has 0 N–H and O–H groups in total. The summed E-state index contributed by atoms with van der Waals surface area (Å²) < 4.78 is 0. The Labute approximate surface area is 175 Å². The van der Waals surface area contributed by atoms with Crippen molar-refractivity contribution >= 4 is 16.7 Å². The molecular formula is C26H22N2O2. The Kier molecular flexibility index (Phi) is 4.37. The van der Waals surface area contributed by atoms with Gasteiger partial charge in [0, 0.05) is 29.1 Å². The fraction of sp³-hybridized carbons (Fsp3) is 0.154. The molecule has 0 saturated heterocycles. The summed E-state index contributed by atoms with van der Waals surface area (Å²) in [4.78, 5) is 23.0. The van der Waals surface area contributed by atoms with E-state index < -0.39 is 0 Å². The van der Waals surface area contributed by atoms with E-state index in [1.165, 1.54) is 5.56 Å². The summed E-state index contributed by atoms with van der Waals surface area (Å²) in [6, 6.07) is 24.2. The molecule has 0 amide bonds. The second kappa shape index (κ2) is 7.08. The van der Waals surface area contributed by atoms with Gasteiger partial charge in [0.1, 0.15) is 6.04 Å². The zero-order valence-corrected chi connectivity index (χ0v) is 17.2. The normalized spacial score (nSPS) is 15.8. The van der Waals surface area contributed by atoms with Gasteiger partial charge in [-0.2, -0.15) is 0 Å². The molecular weight excluding hydrogens is 372 g/mol. The molecule has 3 aromatic carbocycles. The van der Waals surface area contributed by atoms with E-state index in [0.717, 1.165) is 39.0 Å². The van der Waals surface area contributed by atoms with Crippen LogP contribution in [0.1, 0.15) is 40.0 Å². The number of aromatic nitrogens is 1. The van der Waals surface area contributed by atoms with Crippen LogP contribution in [0.3, 0.4) is 0 Å². The predicted molar refractivity (Wildman–Crippen MR) is 119 cm³/mol. The molecule has 1 aliphatic heterocycles. The number of carbonyl (C=O) groups excluding carboxylic acids is 1. The Morgan fingerprint density at radius 1 is 0.967 bits per heavy atom. The van der Waals surface area contributed by atoms with Crippen molar-refractivity contribution in [2.24, 2.45) is 0 Å². The molecule has 0 radical (unpaired) electrons. The van der Waals surface area contributed by atoms with Crippen LogP contribution in [-0.4, -0.2) is 22.9 Å². The molecule has 0 spiro atoms. The van der Waals surface area contributed by atoms with Crippen molar-refractivity contribution in [1.29, 1.82) is 0 Å². The first-order valence-electron chi connectivity index (χ1n) is 10.0. The fourth-order valence-corrected chi connectivity index (χ4v) is 4.14. The molecule has 0 saturated carbocycles. The van der Waals surface area contributed by atoms with E-state index in [2.05, 4.69) is 37.3 Å². The van der Waals surface area contributed by atoms with Crippen molar-refractivity contribution in [3.05, 3.63) is 95.1 Å². The highest BCUT2D eigenvalue weighted by atomic mass is 16.7. The van der Waals surface area contributed by atoms with Crippen LogP contribution in [0.15, 0.2) is 72.8 Å². The number of hydrogen-bond donors (Lipinski definition) is 0. The highest BCUT2D eigenvalue weighted by Gasteiger charge is 2.36. The van der Waals surface area contributed by atoms with Crippen LogP contribution in [-0.2, 0) is 0 Å². The lowest BCUT2D eigenvalue weighted by molar-refractivity contribution is -0.0302. The first-order valence-corrected chi connectivity index (χ1v) is 10.0. The molecule has 148 valence electrons. The Morgan fingerprint density at radius 2 is 1.67 bits per heavy atom. The van der Waals surface area contributed by atoms with Crippen LogP contribution in [0.5, 0.6) is 5.75 Å². The van der Waals surface area contributed by atoms with Gasteiger partial charge in [0.2, 0.25) is 0 Å². The summed E-state index contributed by atoms with van der Waals surface area (Å²) in [5.74, 6) is 0.901. The summed E-state index contributed by atoms with van der Waals surface area (Å²) in [5.41, 5.74) is 6.86. The van der Waals surface area contributed by atoms with Crippen molar-refractivity contribution in [3.8, 4) is 17.0 Å². The Hall–Kier alpha value is -3.50. The highest BCUT2D eigenvalue weighted by Crippen LogP contribution is 2.48. The molecule has 0 fully saturated rings. The van der Waals surface area contributed by atoms with E-state index in [9.17, 15) is 4.79 Å². The van der Waals surface area contributed by atoms with Crippen molar-refractivity contribution in [2.75, 3.05) is 7.05 Å².